The van der Waals surface area contributed by atoms with Crippen LogP contribution in [0.3, 0.4) is 0 Å². The predicted molar refractivity (Wildman–Crippen MR) is 72.1 cm³/mol. The zero-order valence-corrected chi connectivity index (χ0v) is 11.5. The fourth-order valence-corrected chi connectivity index (χ4v) is 2.26. The van der Waals surface area contributed by atoms with Crippen LogP contribution in [0.2, 0.25) is 0 Å². The van der Waals surface area contributed by atoms with Crippen molar-refractivity contribution in [1.82, 2.24) is 10.2 Å². The first-order valence-electron chi connectivity index (χ1n) is 7.23. The Bertz CT molecular complexity index is 210. The zero-order chi connectivity index (χ0) is 12.5. The Morgan fingerprint density at radius 3 is 2.41 bits per heavy atom. The lowest BCUT2D eigenvalue weighted by Crippen LogP contribution is -2.38. The van der Waals surface area contributed by atoms with Crippen molar-refractivity contribution >= 4 is 6.03 Å². The summed E-state index contributed by atoms with van der Waals surface area (Å²) < 4.78 is 0. The quantitative estimate of drug-likeness (QED) is 0.680. The first-order valence-corrected chi connectivity index (χ1v) is 7.23. The summed E-state index contributed by atoms with van der Waals surface area (Å²) >= 11 is 0. The van der Waals surface area contributed by atoms with Gasteiger partial charge in [-0.3, -0.25) is 0 Å². The molecule has 1 aliphatic heterocycles. The van der Waals surface area contributed by atoms with Crippen LogP contribution in [0.1, 0.15) is 58.8 Å². The molecule has 0 bridgehead atoms. The third kappa shape index (κ3) is 6.54. The highest BCUT2D eigenvalue weighted by Crippen LogP contribution is 2.09. The molecule has 0 saturated carbocycles. The van der Waals surface area contributed by atoms with Crippen molar-refractivity contribution in [3.8, 4) is 0 Å². The summed E-state index contributed by atoms with van der Waals surface area (Å²) in [6.07, 6.45) is 8.67. The van der Waals surface area contributed by atoms with Crippen molar-refractivity contribution in [3.63, 3.8) is 0 Å². The highest BCUT2D eigenvalue weighted by Gasteiger charge is 2.16. The maximum Gasteiger partial charge on any atom is 0.317 e. The molecule has 0 unspecified atom stereocenters. The Hall–Kier alpha value is -0.730. The fourth-order valence-electron chi connectivity index (χ4n) is 2.26. The maximum atomic E-state index is 11.6. The lowest BCUT2D eigenvalue weighted by atomic mass is 10.0. The Morgan fingerprint density at radius 1 is 1.12 bits per heavy atom. The normalized spacial score (nSPS) is 15.6. The average Bonchev–Trinajstić information content (AvgIpc) is 2.80. The number of nitrogens with one attached hydrogen (secondary N) is 1. The molecule has 1 heterocycles. The molecule has 0 atom stereocenters. The maximum absolute atomic E-state index is 11.6. The van der Waals surface area contributed by atoms with Crippen molar-refractivity contribution in [2.75, 3.05) is 19.6 Å². The molecule has 100 valence electrons. The molecule has 3 heteroatoms. The molecule has 0 radical (unpaired) electrons. The highest BCUT2D eigenvalue weighted by atomic mass is 16.2. The van der Waals surface area contributed by atoms with Gasteiger partial charge in [0.05, 0.1) is 0 Å². The average molecular weight is 240 g/mol. The number of carbonyl (C=O) groups is 1. The van der Waals surface area contributed by atoms with Crippen LogP contribution in [0.4, 0.5) is 4.79 Å². The van der Waals surface area contributed by atoms with Gasteiger partial charge in [-0.1, -0.05) is 39.5 Å². The summed E-state index contributed by atoms with van der Waals surface area (Å²) in [5.41, 5.74) is 0. The molecule has 0 spiro atoms. The number of urea groups is 1. The molecule has 1 saturated heterocycles. The minimum absolute atomic E-state index is 0.143. The summed E-state index contributed by atoms with van der Waals surface area (Å²) in [6.45, 7) is 7.28. The van der Waals surface area contributed by atoms with Gasteiger partial charge in [0.25, 0.3) is 0 Å². The van der Waals surface area contributed by atoms with Gasteiger partial charge in [0.15, 0.2) is 0 Å². The Morgan fingerprint density at radius 2 is 1.76 bits per heavy atom. The van der Waals surface area contributed by atoms with E-state index >= 15 is 0 Å². The van der Waals surface area contributed by atoms with Crippen LogP contribution in [-0.2, 0) is 0 Å². The van der Waals surface area contributed by atoms with E-state index in [0.29, 0.717) is 0 Å². The number of likely N-dealkylation sites (tertiary alicyclic amines) is 1. The Labute approximate surface area is 106 Å². The minimum Gasteiger partial charge on any atom is -0.338 e. The summed E-state index contributed by atoms with van der Waals surface area (Å²) in [5.74, 6) is 0.824. The molecular formula is C14H28N2O. The molecule has 0 aromatic heterocycles. The monoisotopic (exact) mass is 240 g/mol. The second-order valence-corrected chi connectivity index (χ2v) is 5.52. The van der Waals surface area contributed by atoms with Crippen LogP contribution in [0, 0.1) is 5.92 Å². The number of carbonyl (C=O) groups excluding carboxylic acids is 1. The van der Waals surface area contributed by atoms with E-state index in [2.05, 4.69) is 19.2 Å². The summed E-state index contributed by atoms with van der Waals surface area (Å²) in [4.78, 5) is 13.6. The molecule has 0 aliphatic carbocycles. The SMILES string of the molecule is CC(C)CCCCCCNC(=O)N1CCCC1. The van der Waals surface area contributed by atoms with Gasteiger partial charge >= 0.3 is 6.03 Å². The number of amides is 2. The molecule has 2 amide bonds. The number of unbranched alkanes of at least 4 members (excludes halogenated alkanes) is 3. The number of hydrogen-bond donors (Lipinski definition) is 1. The Kier molecular flexibility index (Phi) is 7.06. The smallest absolute Gasteiger partial charge is 0.317 e. The van der Waals surface area contributed by atoms with E-state index in [9.17, 15) is 4.79 Å². The molecule has 17 heavy (non-hydrogen) atoms. The van der Waals surface area contributed by atoms with Gasteiger partial charge in [-0.15, -0.1) is 0 Å². The standard InChI is InChI=1S/C14H28N2O/c1-13(2)9-5-3-4-6-10-15-14(17)16-11-7-8-12-16/h13H,3-12H2,1-2H3,(H,15,17). The van der Waals surface area contributed by atoms with Gasteiger partial charge in [-0.05, 0) is 25.2 Å². The van der Waals surface area contributed by atoms with Crippen LogP contribution in [-0.4, -0.2) is 30.6 Å². The van der Waals surface area contributed by atoms with Crippen molar-refractivity contribution in [2.45, 2.75) is 58.8 Å². The number of nitrogens with zero attached hydrogens (tertiary/aromatic N) is 1. The van der Waals surface area contributed by atoms with E-state index in [1.54, 1.807) is 0 Å². The molecule has 1 fully saturated rings. The van der Waals surface area contributed by atoms with Crippen LogP contribution < -0.4 is 5.32 Å². The number of rotatable bonds is 7. The summed E-state index contributed by atoms with van der Waals surface area (Å²) in [7, 11) is 0. The molecule has 1 N–H and O–H groups in total. The lowest BCUT2D eigenvalue weighted by molar-refractivity contribution is 0.208. The summed E-state index contributed by atoms with van der Waals surface area (Å²) in [5, 5.41) is 3.01. The lowest BCUT2D eigenvalue weighted by Gasteiger charge is -2.15. The van der Waals surface area contributed by atoms with Crippen molar-refractivity contribution in [1.29, 1.82) is 0 Å². The van der Waals surface area contributed by atoms with E-state index in [-0.39, 0.29) is 6.03 Å². The third-order valence-electron chi connectivity index (χ3n) is 3.38. The first kappa shape index (κ1) is 14.3. The highest BCUT2D eigenvalue weighted by molar-refractivity contribution is 5.74. The van der Waals surface area contributed by atoms with Crippen molar-refractivity contribution < 1.29 is 4.79 Å². The summed E-state index contributed by atoms with van der Waals surface area (Å²) in [6, 6.07) is 0.143. The van der Waals surface area contributed by atoms with Crippen molar-refractivity contribution in [2.24, 2.45) is 5.92 Å². The van der Waals surface area contributed by atoms with E-state index < -0.39 is 0 Å². The predicted octanol–water partition coefficient (Wildman–Crippen LogP) is 3.40. The van der Waals surface area contributed by atoms with Gasteiger partial charge in [-0.25, -0.2) is 4.79 Å². The molecule has 3 nitrogen and oxygen atoms in total. The van der Waals surface area contributed by atoms with Gasteiger partial charge in [-0.2, -0.15) is 0 Å². The molecule has 0 aromatic rings. The van der Waals surface area contributed by atoms with E-state index in [4.69, 9.17) is 0 Å². The third-order valence-corrected chi connectivity index (χ3v) is 3.38. The minimum atomic E-state index is 0.143. The molecular weight excluding hydrogens is 212 g/mol. The van der Waals surface area contributed by atoms with Gasteiger partial charge in [0.1, 0.15) is 0 Å². The van der Waals surface area contributed by atoms with E-state index in [0.717, 1.165) is 32.0 Å². The van der Waals surface area contributed by atoms with Crippen LogP contribution in [0.15, 0.2) is 0 Å². The number of hydrogen-bond acceptors (Lipinski definition) is 1. The Balaban J connectivity index is 1.88. The van der Waals surface area contributed by atoms with Gasteiger partial charge < -0.3 is 10.2 Å². The van der Waals surface area contributed by atoms with Gasteiger partial charge in [0.2, 0.25) is 0 Å². The second-order valence-electron chi connectivity index (χ2n) is 5.52. The van der Waals surface area contributed by atoms with E-state index in [1.165, 1.54) is 38.5 Å². The van der Waals surface area contributed by atoms with Crippen molar-refractivity contribution in [3.05, 3.63) is 0 Å². The zero-order valence-electron chi connectivity index (χ0n) is 11.5. The molecule has 1 aliphatic rings. The van der Waals surface area contributed by atoms with Crippen LogP contribution in [0.5, 0.6) is 0 Å². The fraction of sp³-hybridized carbons (Fsp3) is 0.929. The van der Waals surface area contributed by atoms with Crippen LogP contribution >= 0.6 is 0 Å². The van der Waals surface area contributed by atoms with Gasteiger partial charge in [0, 0.05) is 19.6 Å². The molecule has 0 aromatic carbocycles. The topological polar surface area (TPSA) is 32.3 Å². The van der Waals surface area contributed by atoms with Crippen LogP contribution in [0.25, 0.3) is 0 Å². The first-order chi connectivity index (χ1) is 8.20. The van der Waals surface area contributed by atoms with E-state index in [1.807, 2.05) is 4.90 Å². The largest absolute Gasteiger partial charge is 0.338 e. The molecule has 1 rings (SSSR count). The second kappa shape index (κ2) is 8.37.